The summed E-state index contributed by atoms with van der Waals surface area (Å²) in [5.74, 6) is 0. The highest BCUT2D eigenvalue weighted by molar-refractivity contribution is 5.90. The van der Waals surface area contributed by atoms with Crippen LogP contribution in [0.4, 0.5) is 21.0 Å². The molecule has 0 radical (unpaired) electrons. The van der Waals surface area contributed by atoms with Gasteiger partial charge in [-0.25, -0.2) is 9.59 Å². The summed E-state index contributed by atoms with van der Waals surface area (Å²) in [7, 11) is 1.84. The zero-order chi connectivity index (χ0) is 18.4. The van der Waals surface area contributed by atoms with Crippen LogP contribution in [-0.2, 0) is 11.8 Å². The molecule has 0 saturated carbocycles. The average Bonchev–Trinajstić information content (AvgIpc) is 2.88. The summed E-state index contributed by atoms with van der Waals surface area (Å²) < 4.78 is 6.52. The first-order valence-electron chi connectivity index (χ1n) is 8.00. The first kappa shape index (κ1) is 18.3. The Morgan fingerprint density at radius 3 is 2.32 bits per heavy atom. The van der Waals surface area contributed by atoms with Gasteiger partial charge in [0.05, 0.1) is 18.3 Å². The fourth-order valence-corrected chi connectivity index (χ4v) is 2.41. The number of carbonyl (C=O) groups is 2. The number of aromatic nitrogens is 2. The monoisotopic (exact) mass is 345 g/mol. The second-order valence-corrected chi connectivity index (χ2v) is 5.59. The number of benzene rings is 1. The van der Waals surface area contributed by atoms with E-state index in [2.05, 4.69) is 21.0 Å². The zero-order valence-electron chi connectivity index (χ0n) is 14.8. The van der Waals surface area contributed by atoms with Crippen LogP contribution in [0.2, 0.25) is 0 Å². The maximum Gasteiger partial charge on any atom is 0.411 e. The minimum Gasteiger partial charge on any atom is -0.450 e. The second-order valence-electron chi connectivity index (χ2n) is 5.59. The van der Waals surface area contributed by atoms with Crippen LogP contribution in [0.25, 0.3) is 0 Å². The number of amides is 3. The van der Waals surface area contributed by atoms with Gasteiger partial charge in [0.2, 0.25) is 0 Å². The summed E-state index contributed by atoms with van der Waals surface area (Å²) >= 11 is 0. The Bertz CT molecular complexity index is 739. The van der Waals surface area contributed by atoms with Crippen molar-refractivity contribution in [3.63, 3.8) is 0 Å². The van der Waals surface area contributed by atoms with Crippen LogP contribution in [0.3, 0.4) is 0 Å². The Morgan fingerprint density at radius 1 is 1.20 bits per heavy atom. The maximum atomic E-state index is 12.1. The van der Waals surface area contributed by atoms with Crippen LogP contribution in [0, 0.1) is 6.92 Å². The van der Waals surface area contributed by atoms with Crippen molar-refractivity contribution in [2.24, 2.45) is 7.05 Å². The van der Waals surface area contributed by atoms with Gasteiger partial charge in [-0.05, 0) is 45.0 Å². The summed E-state index contributed by atoms with van der Waals surface area (Å²) in [6, 6.07) is 6.27. The van der Waals surface area contributed by atoms with Crippen molar-refractivity contribution in [1.82, 2.24) is 15.1 Å². The largest absolute Gasteiger partial charge is 0.450 e. The lowest BCUT2D eigenvalue weighted by Gasteiger charge is -2.14. The number of hydrogen-bond donors (Lipinski definition) is 3. The third kappa shape index (κ3) is 5.23. The molecule has 0 bridgehead atoms. The second kappa shape index (κ2) is 8.18. The van der Waals surface area contributed by atoms with Gasteiger partial charge < -0.3 is 15.4 Å². The Morgan fingerprint density at radius 2 is 1.80 bits per heavy atom. The Hall–Kier alpha value is -3.03. The summed E-state index contributed by atoms with van der Waals surface area (Å²) in [5, 5.41) is 12.5. The van der Waals surface area contributed by atoms with Crippen LogP contribution >= 0.6 is 0 Å². The van der Waals surface area contributed by atoms with Crippen LogP contribution in [0.15, 0.2) is 30.5 Å². The van der Waals surface area contributed by atoms with Gasteiger partial charge in [0.15, 0.2) is 0 Å². The standard InChI is InChI=1S/C17H23N5O3/c1-5-25-17(24)20-14-8-6-13(7-9-14)19-16(23)18-11(2)15-10-22(4)21-12(15)3/h6-11H,5H2,1-4H3,(H,20,24)(H2,18,19,23)/t11-/m1/s1. The SMILES string of the molecule is CCOC(=O)Nc1ccc(NC(=O)N[C@H](C)c2cn(C)nc2C)cc1. The minimum absolute atomic E-state index is 0.168. The normalized spacial score (nSPS) is 11.5. The summed E-state index contributed by atoms with van der Waals surface area (Å²) in [5.41, 5.74) is 3.04. The van der Waals surface area contributed by atoms with E-state index in [1.54, 1.807) is 35.9 Å². The molecule has 1 aromatic carbocycles. The quantitative estimate of drug-likeness (QED) is 0.775. The van der Waals surface area contributed by atoms with Crippen LogP contribution in [-0.4, -0.2) is 28.5 Å². The number of urea groups is 1. The molecule has 8 heteroatoms. The number of nitrogens with zero attached hydrogens (tertiary/aromatic N) is 2. The number of aryl methyl sites for hydroxylation is 2. The highest BCUT2D eigenvalue weighted by Gasteiger charge is 2.14. The van der Waals surface area contributed by atoms with Crippen molar-refractivity contribution in [3.8, 4) is 0 Å². The topological polar surface area (TPSA) is 97.3 Å². The lowest BCUT2D eigenvalue weighted by Crippen LogP contribution is -2.31. The van der Waals surface area contributed by atoms with Crippen molar-refractivity contribution in [1.29, 1.82) is 0 Å². The van der Waals surface area contributed by atoms with E-state index in [9.17, 15) is 9.59 Å². The van der Waals surface area contributed by atoms with Gasteiger partial charge in [0, 0.05) is 30.2 Å². The van der Waals surface area contributed by atoms with Crippen molar-refractivity contribution in [3.05, 3.63) is 41.7 Å². The predicted octanol–water partition coefficient (Wildman–Crippen LogP) is 3.18. The molecule has 0 spiro atoms. The molecule has 134 valence electrons. The molecule has 1 aromatic heterocycles. The van der Waals surface area contributed by atoms with Crippen LogP contribution < -0.4 is 16.0 Å². The molecule has 0 saturated heterocycles. The van der Waals surface area contributed by atoms with Crippen molar-refractivity contribution >= 4 is 23.5 Å². The lowest BCUT2D eigenvalue weighted by atomic mass is 10.1. The minimum atomic E-state index is -0.512. The van der Waals surface area contributed by atoms with E-state index < -0.39 is 6.09 Å². The summed E-state index contributed by atoms with van der Waals surface area (Å²) in [6.45, 7) is 5.84. The molecule has 3 amide bonds. The number of hydrogen-bond acceptors (Lipinski definition) is 4. The van der Waals surface area contributed by atoms with Gasteiger partial charge in [-0.2, -0.15) is 5.10 Å². The molecule has 0 aliphatic rings. The first-order valence-corrected chi connectivity index (χ1v) is 8.00. The number of anilines is 2. The van der Waals surface area contributed by atoms with E-state index in [4.69, 9.17) is 4.74 Å². The third-order valence-corrected chi connectivity index (χ3v) is 3.53. The molecule has 1 heterocycles. The lowest BCUT2D eigenvalue weighted by molar-refractivity contribution is 0.168. The molecule has 1 atom stereocenters. The maximum absolute atomic E-state index is 12.1. The number of rotatable bonds is 5. The van der Waals surface area contributed by atoms with E-state index in [-0.39, 0.29) is 12.1 Å². The van der Waals surface area contributed by atoms with Gasteiger partial charge in [-0.15, -0.1) is 0 Å². The molecule has 25 heavy (non-hydrogen) atoms. The Kier molecular flexibility index (Phi) is 5.99. The van der Waals surface area contributed by atoms with E-state index in [0.29, 0.717) is 18.0 Å². The molecular weight excluding hydrogens is 322 g/mol. The molecule has 0 aliphatic heterocycles. The summed E-state index contributed by atoms with van der Waals surface area (Å²) in [4.78, 5) is 23.5. The first-order chi connectivity index (χ1) is 11.9. The molecule has 3 N–H and O–H groups in total. The van der Waals surface area contributed by atoms with Gasteiger partial charge >= 0.3 is 12.1 Å². The van der Waals surface area contributed by atoms with Crippen molar-refractivity contribution in [2.45, 2.75) is 26.8 Å². The number of nitrogens with one attached hydrogen (secondary N) is 3. The van der Waals surface area contributed by atoms with Gasteiger partial charge in [0.1, 0.15) is 0 Å². The van der Waals surface area contributed by atoms with Crippen molar-refractivity contribution in [2.75, 3.05) is 17.2 Å². The third-order valence-electron chi connectivity index (χ3n) is 3.53. The summed E-state index contributed by atoms with van der Waals surface area (Å²) in [6.07, 6.45) is 1.37. The molecule has 2 rings (SSSR count). The molecular formula is C17H23N5O3. The molecule has 0 fully saturated rings. The molecule has 0 aliphatic carbocycles. The van der Waals surface area contributed by atoms with Crippen LogP contribution in [0.1, 0.15) is 31.1 Å². The number of carbonyl (C=O) groups excluding carboxylic acids is 2. The van der Waals surface area contributed by atoms with E-state index in [0.717, 1.165) is 11.3 Å². The van der Waals surface area contributed by atoms with E-state index >= 15 is 0 Å². The van der Waals surface area contributed by atoms with Gasteiger partial charge in [-0.3, -0.25) is 10.00 Å². The van der Waals surface area contributed by atoms with Gasteiger partial charge in [-0.1, -0.05) is 0 Å². The Labute approximate surface area is 146 Å². The highest BCUT2D eigenvalue weighted by Crippen LogP contribution is 2.17. The smallest absolute Gasteiger partial charge is 0.411 e. The predicted molar refractivity (Wildman–Crippen MR) is 95.6 cm³/mol. The highest BCUT2D eigenvalue weighted by atomic mass is 16.5. The van der Waals surface area contributed by atoms with E-state index in [1.807, 2.05) is 27.1 Å². The zero-order valence-corrected chi connectivity index (χ0v) is 14.8. The number of ether oxygens (including phenoxy) is 1. The fraction of sp³-hybridized carbons (Fsp3) is 0.353. The van der Waals surface area contributed by atoms with Gasteiger partial charge in [0.25, 0.3) is 0 Å². The fourth-order valence-electron chi connectivity index (χ4n) is 2.41. The van der Waals surface area contributed by atoms with Crippen LogP contribution in [0.5, 0.6) is 0 Å². The van der Waals surface area contributed by atoms with E-state index in [1.165, 1.54) is 0 Å². The molecule has 2 aromatic rings. The molecule has 0 unspecified atom stereocenters. The molecule has 8 nitrogen and oxygen atoms in total. The Balaban J connectivity index is 1.90. The van der Waals surface area contributed by atoms with Crippen molar-refractivity contribution < 1.29 is 14.3 Å². The average molecular weight is 345 g/mol.